The van der Waals surface area contributed by atoms with Gasteiger partial charge in [0.25, 0.3) is 0 Å². The molecular weight excluding hydrogens is 240 g/mol. The maximum absolute atomic E-state index is 11.7. The van der Waals surface area contributed by atoms with Gasteiger partial charge in [-0.1, -0.05) is 36.9 Å². The number of rotatable bonds is 8. The van der Waals surface area contributed by atoms with E-state index in [0.717, 1.165) is 11.1 Å². The highest BCUT2D eigenvalue weighted by Crippen LogP contribution is 2.10. The molecule has 0 aliphatic heterocycles. The lowest BCUT2D eigenvalue weighted by Crippen LogP contribution is -2.43. The quantitative estimate of drug-likeness (QED) is 0.697. The zero-order chi connectivity index (χ0) is 14.1. The van der Waals surface area contributed by atoms with Crippen LogP contribution in [-0.4, -0.2) is 38.8 Å². The van der Waals surface area contributed by atoms with Crippen molar-refractivity contribution in [2.75, 3.05) is 26.8 Å². The normalized spacial score (nSPS) is 11.9. The number of benzene rings is 1. The molecule has 1 unspecified atom stereocenters. The van der Waals surface area contributed by atoms with Gasteiger partial charge in [0.15, 0.2) is 0 Å². The zero-order valence-corrected chi connectivity index (χ0v) is 11.6. The molecule has 0 heterocycles. The molecule has 1 rings (SSSR count). The van der Waals surface area contributed by atoms with E-state index >= 15 is 0 Å². The zero-order valence-electron chi connectivity index (χ0n) is 11.6. The average molecular weight is 262 g/mol. The molecular formula is C15H22N2O2. The molecule has 1 aromatic rings. The predicted octanol–water partition coefficient (Wildman–Crippen LogP) is 1.44. The summed E-state index contributed by atoms with van der Waals surface area (Å²) in [5, 5.41) is 5.95. The van der Waals surface area contributed by atoms with Crippen LogP contribution < -0.4 is 10.6 Å². The lowest BCUT2D eigenvalue weighted by atomic mass is 10.1. The van der Waals surface area contributed by atoms with Crippen LogP contribution in [0.5, 0.6) is 0 Å². The smallest absolute Gasteiger partial charge is 0.236 e. The number of hydrogen-bond acceptors (Lipinski definition) is 3. The second-order valence-electron chi connectivity index (χ2n) is 4.36. The van der Waals surface area contributed by atoms with Gasteiger partial charge in [-0.2, -0.15) is 0 Å². The van der Waals surface area contributed by atoms with E-state index in [0.29, 0.717) is 19.7 Å². The van der Waals surface area contributed by atoms with E-state index in [-0.39, 0.29) is 11.9 Å². The Labute approximate surface area is 114 Å². The molecule has 0 saturated carbocycles. The third-order valence-corrected chi connectivity index (χ3v) is 2.80. The lowest BCUT2D eigenvalue weighted by molar-refractivity contribution is -0.122. The monoisotopic (exact) mass is 262 g/mol. The van der Waals surface area contributed by atoms with E-state index in [1.54, 1.807) is 7.11 Å². The second-order valence-corrected chi connectivity index (χ2v) is 4.36. The topological polar surface area (TPSA) is 50.4 Å². The molecule has 1 aromatic carbocycles. The number of methoxy groups -OCH3 is 1. The van der Waals surface area contributed by atoms with Crippen molar-refractivity contribution >= 4 is 11.5 Å². The lowest BCUT2D eigenvalue weighted by Gasteiger charge is -2.15. The van der Waals surface area contributed by atoms with Gasteiger partial charge in [-0.3, -0.25) is 4.79 Å². The first-order valence-corrected chi connectivity index (χ1v) is 6.38. The Kier molecular flexibility index (Phi) is 6.85. The molecule has 0 bridgehead atoms. The van der Waals surface area contributed by atoms with Gasteiger partial charge in [0, 0.05) is 20.2 Å². The molecule has 19 heavy (non-hydrogen) atoms. The maximum atomic E-state index is 11.7. The van der Waals surface area contributed by atoms with Crippen LogP contribution in [0.3, 0.4) is 0 Å². The van der Waals surface area contributed by atoms with Crippen LogP contribution in [0.25, 0.3) is 5.57 Å². The van der Waals surface area contributed by atoms with Crippen LogP contribution >= 0.6 is 0 Å². The van der Waals surface area contributed by atoms with Gasteiger partial charge >= 0.3 is 0 Å². The molecule has 1 amide bonds. The van der Waals surface area contributed by atoms with Crippen molar-refractivity contribution in [2.24, 2.45) is 0 Å². The molecule has 0 fully saturated rings. The molecule has 0 saturated heterocycles. The minimum Gasteiger partial charge on any atom is -0.383 e. The first-order chi connectivity index (χ1) is 9.15. The van der Waals surface area contributed by atoms with Crippen molar-refractivity contribution in [2.45, 2.75) is 13.0 Å². The Morgan fingerprint density at radius 2 is 2.05 bits per heavy atom. The summed E-state index contributed by atoms with van der Waals surface area (Å²) in [5.41, 5.74) is 2.05. The molecule has 0 aliphatic rings. The summed E-state index contributed by atoms with van der Waals surface area (Å²) >= 11 is 0. The van der Waals surface area contributed by atoms with Gasteiger partial charge in [0.1, 0.15) is 0 Å². The van der Waals surface area contributed by atoms with Crippen molar-refractivity contribution in [1.29, 1.82) is 0 Å². The highest BCUT2D eigenvalue weighted by atomic mass is 16.5. The van der Waals surface area contributed by atoms with Crippen molar-refractivity contribution in [3.63, 3.8) is 0 Å². The summed E-state index contributed by atoms with van der Waals surface area (Å²) in [4.78, 5) is 11.7. The van der Waals surface area contributed by atoms with Gasteiger partial charge < -0.3 is 15.4 Å². The molecule has 0 aromatic heterocycles. The van der Waals surface area contributed by atoms with Crippen LogP contribution in [0.2, 0.25) is 0 Å². The van der Waals surface area contributed by atoms with Crippen molar-refractivity contribution in [1.82, 2.24) is 10.6 Å². The summed E-state index contributed by atoms with van der Waals surface area (Å²) in [7, 11) is 1.61. The number of hydrogen-bond donors (Lipinski definition) is 2. The number of nitrogens with one attached hydrogen (secondary N) is 2. The van der Waals surface area contributed by atoms with E-state index in [9.17, 15) is 4.79 Å². The first kappa shape index (κ1) is 15.4. The van der Waals surface area contributed by atoms with E-state index in [1.165, 1.54) is 0 Å². The number of amides is 1. The van der Waals surface area contributed by atoms with Gasteiger partial charge in [0.2, 0.25) is 5.91 Å². The Morgan fingerprint density at radius 1 is 1.37 bits per heavy atom. The Balaban J connectivity index is 2.31. The summed E-state index contributed by atoms with van der Waals surface area (Å²) in [6, 6.07) is 9.68. The number of carbonyl (C=O) groups excluding carboxylic acids is 1. The number of ether oxygens (including phenoxy) is 1. The summed E-state index contributed by atoms with van der Waals surface area (Å²) in [5.74, 6) is -0.0297. The predicted molar refractivity (Wildman–Crippen MR) is 77.8 cm³/mol. The van der Waals surface area contributed by atoms with E-state index in [1.807, 2.05) is 37.3 Å². The Morgan fingerprint density at radius 3 is 2.68 bits per heavy atom. The molecule has 1 atom stereocenters. The third-order valence-electron chi connectivity index (χ3n) is 2.80. The van der Waals surface area contributed by atoms with E-state index < -0.39 is 0 Å². The Hall–Kier alpha value is -1.65. The van der Waals surface area contributed by atoms with Crippen LogP contribution in [0, 0.1) is 0 Å². The Bertz CT molecular complexity index is 404. The second kappa shape index (κ2) is 8.45. The largest absolute Gasteiger partial charge is 0.383 e. The van der Waals surface area contributed by atoms with E-state index in [2.05, 4.69) is 17.2 Å². The van der Waals surface area contributed by atoms with Crippen molar-refractivity contribution < 1.29 is 9.53 Å². The fraction of sp³-hybridized carbons (Fsp3) is 0.400. The van der Waals surface area contributed by atoms with Crippen LogP contribution in [0.1, 0.15) is 12.5 Å². The van der Waals surface area contributed by atoms with Gasteiger partial charge in [-0.25, -0.2) is 0 Å². The van der Waals surface area contributed by atoms with Crippen LogP contribution in [-0.2, 0) is 9.53 Å². The summed E-state index contributed by atoms with van der Waals surface area (Å²) in [6.07, 6.45) is 0. The van der Waals surface area contributed by atoms with Crippen LogP contribution in [0.15, 0.2) is 36.9 Å². The van der Waals surface area contributed by atoms with Crippen molar-refractivity contribution in [3.05, 3.63) is 42.5 Å². The first-order valence-electron chi connectivity index (χ1n) is 6.38. The van der Waals surface area contributed by atoms with Crippen molar-refractivity contribution in [3.8, 4) is 0 Å². The number of carbonyl (C=O) groups is 1. The SMILES string of the molecule is C=C(CNC(C)C(=O)NCCOC)c1ccccc1. The molecule has 4 heteroatoms. The third kappa shape index (κ3) is 5.68. The van der Waals surface area contributed by atoms with Crippen LogP contribution in [0.4, 0.5) is 0 Å². The molecule has 104 valence electrons. The average Bonchev–Trinajstić information content (AvgIpc) is 2.45. The molecule has 2 N–H and O–H groups in total. The molecule has 0 radical (unpaired) electrons. The maximum Gasteiger partial charge on any atom is 0.236 e. The molecule has 0 spiro atoms. The van der Waals surface area contributed by atoms with E-state index in [4.69, 9.17) is 4.74 Å². The van der Waals surface area contributed by atoms with Gasteiger partial charge in [-0.05, 0) is 18.1 Å². The molecule has 0 aliphatic carbocycles. The van der Waals surface area contributed by atoms with Gasteiger partial charge in [-0.15, -0.1) is 0 Å². The standard InChI is InChI=1S/C15H22N2O2/c1-12(14-7-5-4-6-8-14)11-17-13(2)15(18)16-9-10-19-3/h4-8,13,17H,1,9-11H2,2-3H3,(H,16,18). The fourth-order valence-electron chi connectivity index (χ4n) is 1.57. The summed E-state index contributed by atoms with van der Waals surface area (Å²) < 4.78 is 4.88. The minimum absolute atomic E-state index is 0.0297. The summed E-state index contributed by atoms with van der Waals surface area (Å²) in [6.45, 7) is 7.49. The molecule has 4 nitrogen and oxygen atoms in total. The van der Waals surface area contributed by atoms with Gasteiger partial charge in [0.05, 0.1) is 12.6 Å². The fourth-order valence-corrected chi connectivity index (χ4v) is 1.57. The minimum atomic E-state index is -0.252. The highest BCUT2D eigenvalue weighted by Gasteiger charge is 2.11. The highest BCUT2D eigenvalue weighted by molar-refractivity contribution is 5.81.